The Bertz CT molecular complexity index is 597. The molecule has 2 N–H and O–H groups in total. The van der Waals surface area contributed by atoms with Crippen molar-refractivity contribution in [1.82, 2.24) is 5.32 Å². The van der Waals surface area contributed by atoms with Gasteiger partial charge in [-0.3, -0.25) is 0 Å². The molecule has 1 aliphatic carbocycles. The Balaban J connectivity index is 1.91. The highest BCUT2D eigenvalue weighted by molar-refractivity contribution is 7.09. The van der Waals surface area contributed by atoms with Gasteiger partial charge in [0.05, 0.1) is 19.3 Å². The van der Waals surface area contributed by atoms with Crippen LogP contribution in [-0.2, 0) is 18.5 Å². The molecule has 4 heteroatoms. The molecular formula is C17H21NO2S. The molecule has 0 saturated heterocycles. The third-order valence-corrected chi connectivity index (χ3v) is 5.21. The third kappa shape index (κ3) is 2.84. The Labute approximate surface area is 129 Å². The molecule has 0 amide bonds. The van der Waals surface area contributed by atoms with Crippen LogP contribution < -0.4 is 10.1 Å². The van der Waals surface area contributed by atoms with Crippen LogP contribution in [-0.4, -0.2) is 18.8 Å². The molecule has 112 valence electrons. The van der Waals surface area contributed by atoms with E-state index >= 15 is 0 Å². The summed E-state index contributed by atoms with van der Waals surface area (Å²) in [4.78, 5) is 1.29. The van der Waals surface area contributed by atoms with Gasteiger partial charge in [-0.1, -0.05) is 12.1 Å². The molecule has 1 aliphatic rings. The van der Waals surface area contributed by atoms with Gasteiger partial charge >= 0.3 is 0 Å². The van der Waals surface area contributed by atoms with Gasteiger partial charge in [0.25, 0.3) is 0 Å². The summed E-state index contributed by atoms with van der Waals surface area (Å²) >= 11 is 1.74. The Morgan fingerprint density at radius 1 is 1.38 bits per heavy atom. The fourth-order valence-electron chi connectivity index (χ4n) is 3.13. The number of fused-ring (bicyclic) bond motifs is 1. The zero-order chi connectivity index (χ0) is 14.7. The summed E-state index contributed by atoms with van der Waals surface area (Å²) in [5.74, 6) is 0.853. The van der Waals surface area contributed by atoms with Crippen LogP contribution in [0.15, 0.2) is 35.7 Å². The number of rotatable bonds is 5. The van der Waals surface area contributed by atoms with Crippen LogP contribution >= 0.6 is 11.3 Å². The van der Waals surface area contributed by atoms with Crippen molar-refractivity contribution in [3.63, 3.8) is 0 Å². The van der Waals surface area contributed by atoms with Crippen LogP contribution in [0.2, 0.25) is 0 Å². The van der Waals surface area contributed by atoms with E-state index in [4.69, 9.17) is 4.74 Å². The normalized spacial score (nSPS) is 21.0. The maximum atomic E-state index is 10.1. The van der Waals surface area contributed by atoms with Crippen molar-refractivity contribution in [2.45, 2.75) is 31.3 Å². The highest BCUT2D eigenvalue weighted by Crippen LogP contribution is 2.37. The van der Waals surface area contributed by atoms with E-state index < -0.39 is 0 Å². The van der Waals surface area contributed by atoms with Gasteiger partial charge in [-0.25, -0.2) is 0 Å². The van der Waals surface area contributed by atoms with Gasteiger partial charge in [0.15, 0.2) is 0 Å². The first-order valence-corrected chi connectivity index (χ1v) is 8.21. The maximum absolute atomic E-state index is 10.1. The zero-order valence-electron chi connectivity index (χ0n) is 12.3. The molecule has 0 bridgehead atoms. The van der Waals surface area contributed by atoms with E-state index in [1.807, 2.05) is 6.07 Å². The van der Waals surface area contributed by atoms with E-state index in [0.717, 1.165) is 31.6 Å². The predicted octanol–water partition coefficient (Wildman–Crippen LogP) is 3.07. The number of aryl methyl sites for hydroxylation is 1. The molecule has 1 unspecified atom stereocenters. The molecule has 1 aromatic heterocycles. The summed E-state index contributed by atoms with van der Waals surface area (Å²) in [5.41, 5.74) is 2.15. The average Bonchev–Trinajstić information content (AvgIpc) is 3.06. The number of aliphatic hydroxyl groups is 1. The van der Waals surface area contributed by atoms with Crippen LogP contribution in [0.25, 0.3) is 0 Å². The van der Waals surface area contributed by atoms with Crippen molar-refractivity contribution in [3.8, 4) is 5.75 Å². The van der Waals surface area contributed by atoms with E-state index in [-0.39, 0.29) is 12.1 Å². The van der Waals surface area contributed by atoms with E-state index in [2.05, 4.69) is 35.0 Å². The van der Waals surface area contributed by atoms with Crippen molar-refractivity contribution in [3.05, 3.63) is 51.7 Å². The van der Waals surface area contributed by atoms with Crippen LogP contribution in [0.1, 0.15) is 28.8 Å². The topological polar surface area (TPSA) is 41.5 Å². The quantitative estimate of drug-likeness (QED) is 0.892. The smallest absolute Gasteiger partial charge is 0.119 e. The van der Waals surface area contributed by atoms with Crippen LogP contribution in [0, 0.1) is 0 Å². The van der Waals surface area contributed by atoms with Gasteiger partial charge in [0.1, 0.15) is 5.75 Å². The van der Waals surface area contributed by atoms with E-state index in [1.165, 1.54) is 16.0 Å². The molecule has 0 spiro atoms. The fourth-order valence-corrected chi connectivity index (χ4v) is 3.78. The van der Waals surface area contributed by atoms with Crippen LogP contribution in [0.5, 0.6) is 5.75 Å². The number of methoxy groups -OCH3 is 1. The molecule has 0 radical (unpaired) electrons. The SMILES string of the molecule is COc1ccc2c(c1)C(CO)(NCc1cccs1)CCC2. The first-order chi connectivity index (χ1) is 10.3. The summed E-state index contributed by atoms with van der Waals surface area (Å²) in [6.45, 7) is 0.896. The average molecular weight is 303 g/mol. The Hall–Kier alpha value is -1.36. The molecule has 21 heavy (non-hydrogen) atoms. The van der Waals surface area contributed by atoms with Crippen molar-refractivity contribution < 1.29 is 9.84 Å². The summed E-state index contributed by atoms with van der Waals surface area (Å²) in [5, 5.41) is 15.8. The van der Waals surface area contributed by atoms with Crippen molar-refractivity contribution in [2.24, 2.45) is 0 Å². The molecule has 0 fully saturated rings. The minimum Gasteiger partial charge on any atom is -0.497 e. The van der Waals surface area contributed by atoms with E-state index in [0.29, 0.717) is 0 Å². The largest absolute Gasteiger partial charge is 0.497 e. The molecular weight excluding hydrogens is 282 g/mol. The molecule has 1 atom stereocenters. The summed E-state index contributed by atoms with van der Waals surface area (Å²) in [7, 11) is 1.68. The number of nitrogens with one attached hydrogen (secondary N) is 1. The first kappa shape index (κ1) is 14.6. The number of aliphatic hydroxyl groups excluding tert-OH is 1. The van der Waals surface area contributed by atoms with E-state index in [1.54, 1.807) is 18.4 Å². The second-order valence-corrected chi connectivity index (χ2v) is 6.58. The Morgan fingerprint density at radius 2 is 2.29 bits per heavy atom. The van der Waals surface area contributed by atoms with E-state index in [9.17, 15) is 5.11 Å². The number of ether oxygens (including phenoxy) is 1. The lowest BCUT2D eigenvalue weighted by Gasteiger charge is -2.39. The van der Waals surface area contributed by atoms with Gasteiger partial charge in [-0.05, 0) is 54.0 Å². The number of benzene rings is 1. The highest BCUT2D eigenvalue weighted by atomic mass is 32.1. The van der Waals surface area contributed by atoms with Crippen LogP contribution in [0.3, 0.4) is 0 Å². The number of hydrogen-bond donors (Lipinski definition) is 2. The summed E-state index contributed by atoms with van der Waals surface area (Å²) in [6.07, 6.45) is 3.12. The Kier molecular flexibility index (Phi) is 4.29. The van der Waals surface area contributed by atoms with Crippen molar-refractivity contribution in [1.29, 1.82) is 0 Å². The van der Waals surface area contributed by atoms with Crippen molar-refractivity contribution in [2.75, 3.05) is 13.7 Å². The Morgan fingerprint density at radius 3 is 3.00 bits per heavy atom. The van der Waals surface area contributed by atoms with Crippen LogP contribution in [0.4, 0.5) is 0 Å². The second kappa shape index (κ2) is 6.18. The standard InChI is InChI=1S/C17H21NO2S/c1-20-14-7-6-13-4-2-8-17(12-19,16(13)10-14)18-11-15-5-3-9-21-15/h3,5-7,9-10,18-19H,2,4,8,11-12H2,1H3. The lowest BCUT2D eigenvalue weighted by molar-refractivity contribution is 0.140. The monoisotopic (exact) mass is 303 g/mol. The summed E-state index contributed by atoms with van der Waals surface area (Å²) < 4.78 is 5.36. The van der Waals surface area contributed by atoms with Gasteiger partial charge < -0.3 is 15.2 Å². The maximum Gasteiger partial charge on any atom is 0.119 e. The molecule has 1 heterocycles. The number of hydrogen-bond acceptors (Lipinski definition) is 4. The molecule has 1 aromatic carbocycles. The highest BCUT2D eigenvalue weighted by Gasteiger charge is 2.36. The molecule has 0 aliphatic heterocycles. The minimum atomic E-state index is -0.355. The first-order valence-electron chi connectivity index (χ1n) is 7.33. The zero-order valence-corrected chi connectivity index (χ0v) is 13.1. The van der Waals surface area contributed by atoms with Gasteiger partial charge in [-0.2, -0.15) is 0 Å². The molecule has 2 aromatic rings. The molecule has 3 nitrogen and oxygen atoms in total. The lowest BCUT2D eigenvalue weighted by atomic mass is 9.76. The third-order valence-electron chi connectivity index (χ3n) is 4.33. The van der Waals surface area contributed by atoms with Crippen molar-refractivity contribution >= 4 is 11.3 Å². The molecule has 0 saturated carbocycles. The second-order valence-electron chi connectivity index (χ2n) is 5.55. The number of thiophene rings is 1. The van der Waals surface area contributed by atoms with Gasteiger partial charge in [-0.15, -0.1) is 11.3 Å². The van der Waals surface area contributed by atoms with Gasteiger partial charge in [0, 0.05) is 11.4 Å². The molecule has 3 rings (SSSR count). The fraction of sp³-hybridized carbons (Fsp3) is 0.412. The summed E-state index contributed by atoms with van der Waals surface area (Å²) in [6, 6.07) is 10.4. The van der Waals surface area contributed by atoms with Gasteiger partial charge in [0.2, 0.25) is 0 Å². The minimum absolute atomic E-state index is 0.110. The lowest BCUT2D eigenvalue weighted by Crippen LogP contribution is -2.47. The predicted molar refractivity (Wildman–Crippen MR) is 85.9 cm³/mol.